The summed E-state index contributed by atoms with van der Waals surface area (Å²) >= 11 is 8.59. The minimum atomic E-state index is -1.26. The first kappa shape index (κ1) is 11.7. The fourth-order valence-electron chi connectivity index (χ4n) is 0.927. The first-order chi connectivity index (χ1) is 6.56. The van der Waals surface area contributed by atoms with Crippen LogP contribution >= 0.6 is 27.5 Å². The third-order valence-corrected chi connectivity index (χ3v) is 2.55. The Morgan fingerprint density at radius 1 is 1.43 bits per heavy atom. The van der Waals surface area contributed by atoms with Crippen molar-refractivity contribution in [3.8, 4) is 5.75 Å². The second-order valence-electron chi connectivity index (χ2n) is 2.70. The molecule has 0 spiro atoms. The van der Waals surface area contributed by atoms with Crippen LogP contribution in [0.1, 0.15) is 11.8 Å². The van der Waals surface area contributed by atoms with Gasteiger partial charge in [0.05, 0.1) is 6.10 Å². The highest BCUT2D eigenvalue weighted by Gasteiger charge is 2.22. The topological polar surface area (TPSA) is 73.6 Å². The molecule has 0 bridgehead atoms. The first-order valence-electron chi connectivity index (χ1n) is 3.83. The van der Waals surface area contributed by atoms with Crippen LogP contribution < -0.4 is 0 Å². The van der Waals surface area contributed by atoms with E-state index in [4.69, 9.17) is 11.6 Å². The largest absolute Gasteiger partial charge is 0.506 e. The standard InChI is InChI=1S/C8H9BrClNO3/c9-3-5(13)8(14)7-4(12)1-2-6(10)11-7/h1-2,5,8,12-14H,3H2. The Morgan fingerprint density at radius 3 is 2.64 bits per heavy atom. The Labute approximate surface area is 94.3 Å². The maximum atomic E-state index is 9.53. The third-order valence-electron chi connectivity index (χ3n) is 1.67. The number of aliphatic hydroxyl groups is 2. The molecule has 0 aromatic carbocycles. The molecule has 0 aliphatic rings. The predicted molar refractivity (Wildman–Crippen MR) is 55.7 cm³/mol. The van der Waals surface area contributed by atoms with Gasteiger partial charge in [-0.1, -0.05) is 27.5 Å². The van der Waals surface area contributed by atoms with Gasteiger partial charge in [-0.25, -0.2) is 4.98 Å². The number of aliphatic hydroxyl groups excluding tert-OH is 2. The molecule has 14 heavy (non-hydrogen) atoms. The molecular weight excluding hydrogens is 273 g/mol. The average Bonchev–Trinajstić information content (AvgIpc) is 2.19. The van der Waals surface area contributed by atoms with Crippen molar-refractivity contribution in [2.45, 2.75) is 12.2 Å². The van der Waals surface area contributed by atoms with E-state index >= 15 is 0 Å². The lowest BCUT2D eigenvalue weighted by atomic mass is 10.1. The smallest absolute Gasteiger partial charge is 0.140 e. The van der Waals surface area contributed by atoms with E-state index in [1.165, 1.54) is 12.1 Å². The van der Waals surface area contributed by atoms with Gasteiger partial charge < -0.3 is 15.3 Å². The summed E-state index contributed by atoms with van der Waals surface area (Å²) in [6.45, 7) is 0. The lowest BCUT2D eigenvalue weighted by Gasteiger charge is -2.15. The molecule has 0 fully saturated rings. The molecule has 78 valence electrons. The summed E-state index contributed by atoms with van der Waals surface area (Å²) in [5.74, 6) is -0.193. The van der Waals surface area contributed by atoms with Gasteiger partial charge in [-0.2, -0.15) is 0 Å². The highest BCUT2D eigenvalue weighted by atomic mass is 79.9. The Balaban J connectivity index is 2.99. The van der Waals surface area contributed by atoms with E-state index in [0.717, 1.165) is 0 Å². The molecule has 0 aliphatic carbocycles. The molecule has 1 rings (SSSR count). The Kier molecular flexibility index (Phi) is 4.12. The van der Waals surface area contributed by atoms with Crippen molar-refractivity contribution in [2.75, 3.05) is 5.33 Å². The maximum Gasteiger partial charge on any atom is 0.140 e. The number of rotatable bonds is 3. The zero-order chi connectivity index (χ0) is 10.7. The summed E-state index contributed by atoms with van der Waals surface area (Å²) in [6, 6.07) is 2.71. The van der Waals surface area contributed by atoms with E-state index in [0.29, 0.717) is 0 Å². The van der Waals surface area contributed by atoms with E-state index in [1.54, 1.807) is 0 Å². The van der Waals surface area contributed by atoms with Crippen molar-refractivity contribution in [1.29, 1.82) is 0 Å². The number of pyridine rings is 1. The van der Waals surface area contributed by atoms with Crippen LogP contribution in [-0.4, -0.2) is 31.7 Å². The number of hydrogen-bond acceptors (Lipinski definition) is 4. The number of hydrogen-bond donors (Lipinski definition) is 3. The van der Waals surface area contributed by atoms with Gasteiger partial charge in [0.15, 0.2) is 0 Å². The molecular formula is C8H9BrClNO3. The SMILES string of the molecule is Oc1ccc(Cl)nc1C(O)C(O)CBr. The number of aromatic hydroxyl groups is 1. The molecule has 1 aromatic heterocycles. The van der Waals surface area contributed by atoms with Crippen molar-refractivity contribution in [1.82, 2.24) is 4.98 Å². The summed E-state index contributed by atoms with van der Waals surface area (Å²) in [7, 11) is 0. The lowest BCUT2D eigenvalue weighted by molar-refractivity contribution is 0.0299. The summed E-state index contributed by atoms with van der Waals surface area (Å²) in [6.07, 6.45) is -2.29. The van der Waals surface area contributed by atoms with Gasteiger partial charge in [-0.05, 0) is 12.1 Å². The number of alkyl halides is 1. The zero-order valence-corrected chi connectivity index (χ0v) is 9.40. The molecule has 2 unspecified atom stereocenters. The van der Waals surface area contributed by atoms with Gasteiger partial charge in [0, 0.05) is 5.33 Å². The van der Waals surface area contributed by atoms with Crippen LogP contribution in [-0.2, 0) is 0 Å². The quantitative estimate of drug-likeness (QED) is 0.576. The van der Waals surface area contributed by atoms with E-state index in [-0.39, 0.29) is 21.9 Å². The van der Waals surface area contributed by atoms with Gasteiger partial charge in [-0.15, -0.1) is 0 Å². The van der Waals surface area contributed by atoms with Crippen molar-refractivity contribution in [3.63, 3.8) is 0 Å². The second-order valence-corrected chi connectivity index (χ2v) is 3.74. The highest BCUT2D eigenvalue weighted by Crippen LogP contribution is 2.26. The van der Waals surface area contributed by atoms with Crippen molar-refractivity contribution in [2.24, 2.45) is 0 Å². The monoisotopic (exact) mass is 281 g/mol. The van der Waals surface area contributed by atoms with E-state index in [1.807, 2.05) is 0 Å². The summed E-state index contributed by atoms with van der Waals surface area (Å²) in [4.78, 5) is 3.73. The third kappa shape index (κ3) is 2.57. The van der Waals surface area contributed by atoms with Crippen molar-refractivity contribution < 1.29 is 15.3 Å². The predicted octanol–water partition coefficient (Wildman–Crippen LogP) is 1.23. The molecule has 4 nitrogen and oxygen atoms in total. The second kappa shape index (κ2) is 4.93. The highest BCUT2D eigenvalue weighted by molar-refractivity contribution is 9.09. The summed E-state index contributed by atoms with van der Waals surface area (Å²) < 4.78 is 0. The Morgan fingerprint density at radius 2 is 2.07 bits per heavy atom. The Hall–Kier alpha value is -0.360. The lowest BCUT2D eigenvalue weighted by Crippen LogP contribution is -2.20. The number of aromatic nitrogens is 1. The first-order valence-corrected chi connectivity index (χ1v) is 5.33. The van der Waals surface area contributed by atoms with Crippen LogP contribution in [0.25, 0.3) is 0 Å². The van der Waals surface area contributed by atoms with Gasteiger partial charge in [0.2, 0.25) is 0 Å². The molecule has 0 aliphatic heterocycles. The van der Waals surface area contributed by atoms with Crippen LogP contribution in [0.2, 0.25) is 5.15 Å². The van der Waals surface area contributed by atoms with E-state index in [2.05, 4.69) is 20.9 Å². The molecule has 3 N–H and O–H groups in total. The fraction of sp³-hybridized carbons (Fsp3) is 0.375. The van der Waals surface area contributed by atoms with Crippen molar-refractivity contribution >= 4 is 27.5 Å². The van der Waals surface area contributed by atoms with Crippen LogP contribution in [0.4, 0.5) is 0 Å². The van der Waals surface area contributed by atoms with Gasteiger partial charge in [0.25, 0.3) is 0 Å². The van der Waals surface area contributed by atoms with Crippen LogP contribution in [0.15, 0.2) is 12.1 Å². The molecule has 0 radical (unpaired) electrons. The normalized spacial score (nSPS) is 15.1. The minimum Gasteiger partial charge on any atom is -0.506 e. The molecule has 6 heteroatoms. The van der Waals surface area contributed by atoms with Crippen LogP contribution in [0.5, 0.6) is 5.75 Å². The average molecular weight is 283 g/mol. The fourth-order valence-corrected chi connectivity index (χ4v) is 1.44. The van der Waals surface area contributed by atoms with Crippen LogP contribution in [0, 0.1) is 0 Å². The van der Waals surface area contributed by atoms with Crippen molar-refractivity contribution in [3.05, 3.63) is 23.0 Å². The number of nitrogens with zero attached hydrogens (tertiary/aromatic N) is 1. The van der Waals surface area contributed by atoms with Gasteiger partial charge in [-0.3, -0.25) is 0 Å². The van der Waals surface area contributed by atoms with Gasteiger partial charge >= 0.3 is 0 Å². The Bertz CT molecular complexity index is 323. The molecule has 0 amide bonds. The van der Waals surface area contributed by atoms with E-state index < -0.39 is 12.2 Å². The summed E-state index contributed by atoms with van der Waals surface area (Å²) in [5.41, 5.74) is -0.0237. The molecule has 0 saturated heterocycles. The molecule has 1 aromatic rings. The van der Waals surface area contributed by atoms with Crippen LogP contribution in [0.3, 0.4) is 0 Å². The summed E-state index contributed by atoms with van der Waals surface area (Å²) in [5, 5.41) is 28.5. The van der Waals surface area contributed by atoms with E-state index in [9.17, 15) is 15.3 Å². The number of halogens is 2. The maximum absolute atomic E-state index is 9.53. The zero-order valence-electron chi connectivity index (χ0n) is 7.06. The minimum absolute atomic E-state index is 0.0237. The molecule has 2 atom stereocenters. The molecule has 1 heterocycles. The molecule has 0 saturated carbocycles. The van der Waals surface area contributed by atoms with Gasteiger partial charge in [0.1, 0.15) is 22.7 Å².